The first-order valence-electron chi connectivity index (χ1n) is 8.28. The zero-order valence-electron chi connectivity index (χ0n) is 15.8. The lowest BCUT2D eigenvalue weighted by Crippen LogP contribution is -2.36. The first kappa shape index (κ1) is 23.9. The Labute approximate surface area is 172 Å². The topological polar surface area (TPSA) is 116 Å². The van der Waals surface area contributed by atoms with Gasteiger partial charge >= 0.3 is 11.9 Å². The zero-order chi connectivity index (χ0) is 21.3. The number of hydrogen-bond acceptors (Lipinski definition) is 8. The van der Waals surface area contributed by atoms with Gasteiger partial charge in [0.15, 0.2) is 12.4 Å². The van der Waals surface area contributed by atoms with Gasteiger partial charge in [0.25, 0.3) is 0 Å². The highest BCUT2D eigenvalue weighted by Gasteiger charge is 2.26. The minimum Gasteiger partial charge on any atom is -0.480 e. The molecule has 0 saturated carbocycles. The molecule has 0 radical (unpaired) electrons. The Balaban J connectivity index is 3.38. The molecule has 0 fully saturated rings. The number of ketones is 1. The van der Waals surface area contributed by atoms with Crippen molar-refractivity contribution in [3.8, 4) is 5.75 Å². The molecule has 0 aliphatic rings. The molecule has 1 rings (SSSR count). The third-order valence-electron chi connectivity index (χ3n) is 3.30. The summed E-state index contributed by atoms with van der Waals surface area (Å²) in [4.78, 5) is 35.5. The van der Waals surface area contributed by atoms with Crippen LogP contribution in [0.5, 0.6) is 5.75 Å². The first-order chi connectivity index (χ1) is 13.1. The number of sulfonamides is 1. The van der Waals surface area contributed by atoms with Crippen molar-refractivity contribution in [2.24, 2.45) is 0 Å². The maximum atomic E-state index is 12.3. The molecule has 11 heteroatoms. The van der Waals surface area contributed by atoms with Crippen molar-refractivity contribution >= 4 is 49.4 Å². The highest BCUT2D eigenvalue weighted by atomic mass is 79.9. The van der Waals surface area contributed by atoms with Gasteiger partial charge in [-0.3, -0.25) is 13.9 Å². The molecule has 0 spiro atoms. The normalized spacial score (nSPS) is 10.9. The zero-order valence-corrected chi connectivity index (χ0v) is 18.2. The second kappa shape index (κ2) is 11.0. The lowest BCUT2D eigenvalue weighted by atomic mass is 10.1. The summed E-state index contributed by atoms with van der Waals surface area (Å²) in [7, 11) is -3.94. The Bertz CT molecular complexity index is 824. The highest BCUT2D eigenvalue weighted by molar-refractivity contribution is 9.09. The van der Waals surface area contributed by atoms with E-state index in [1.807, 2.05) is 0 Å². The Hall–Kier alpha value is -2.14. The highest BCUT2D eigenvalue weighted by Crippen LogP contribution is 2.32. The van der Waals surface area contributed by atoms with E-state index in [2.05, 4.69) is 15.9 Å². The number of benzene rings is 1. The lowest BCUT2D eigenvalue weighted by Gasteiger charge is -2.24. The van der Waals surface area contributed by atoms with Gasteiger partial charge in [-0.05, 0) is 32.0 Å². The molecular weight excluding hydrogens is 458 g/mol. The van der Waals surface area contributed by atoms with E-state index in [1.54, 1.807) is 13.8 Å². The van der Waals surface area contributed by atoms with Crippen molar-refractivity contribution in [1.82, 2.24) is 0 Å². The third-order valence-corrected chi connectivity index (χ3v) is 4.94. The molecule has 0 N–H and O–H groups in total. The number of alkyl halides is 1. The van der Waals surface area contributed by atoms with Crippen LogP contribution in [0.15, 0.2) is 18.2 Å². The van der Waals surface area contributed by atoms with E-state index < -0.39 is 35.1 Å². The largest absolute Gasteiger partial charge is 0.480 e. The van der Waals surface area contributed by atoms with Crippen LogP contribution in [0.3, 0.4) is 0 Å². The fraction of sp³-hybridized carbons (Fsp3) is 0.471. The molecule has 1 aromatic carbocycles. The van der Waals surface area contributed by atoms with Gasteiger partial charge in [-0.1, -0.05) is 15.9 Å². The number of Topliss-reactive ketones (excluding diaryl/α,β-unsaturated/α-hetero) is 1. The molecule has 9 nitrogen and oxygen atoms in total. The molecule has 0 amide bonds. The maximum Gasteiger partial charge on any atom is 0.344 e. The minimum atomic E-state index is -3.94. The minimum absolute atomic E-state index is 0.00565. The van der Waals surface area contributed by atoms with Crippen molar-refractivity contribution in [2.75, 3.05) is 42.3 Å². The van der Waals surface area contributed by atoms with Crippen LogP contribution in [0.2, 0.25) is 0 Å². The number of ether oxygens (including phenoxy) is 3. The molecule has 0 aliphatic heterocycles. The van der Waals surface area contributed by atoms with Gasteiger partial charge in [0.1, 0.15) is 12.3 Å². The number of hydrogen-bond donors (Lipinski definition) is 0. The summed E-state index contributed by atoms with van der Waals surface area (Å²) < 4.78 is 40.3. The van der Waals surface area contributed by atoms with E-state index in [0.717, 1.165) is 10.6 Å². The number of esters is 2. The van der Waals surface area contributed by atoms with Crippen LogP contribution >= 0.6 is 15.9 Å². The van der Waals surface area contributed by atoms with E-state index in [0.29, 0.717) is 0 Å². The van der Waals surface area contributed by atoms with E-state index in [9.17, 15) is 22.8 Å². The fourth-order valence-corrected chi connectivity index (χ4v) is 3.29. The number of rotatable bonds is 11. The molecule has 0 saturated heterocycles. The molecule has 156 valence electrons. The molecule has 0 unspecified atom stereocenters. The number of carbonyl (C=O) groups excluding carboxylic acids is 3. The van der Waals surface area contributed by atoms with Gasteiger partial charge in [0, 0.05) is 5.56 Å². The summed E-state index contributed by atoms with van der Waals surface area (Å²) in [5.41, 5.74) is 0.138. The van der Waals surface area contributed by atoms with Crippen LogP contribution < -0.4 is 9.04 Å². The predicted octanol–water partition coefficient (Wildman–Crippen LogP) is 1.54. The molecule has 28 heavy (non-hydrogen) atoms. The van der Waals surface area contributed by atoms with Crippen LogP contribution in [0.4, 0.5) is 5.69 Å². The fourth-order valence-electron chi connectivity index (χ4n) is 2.13. The molecule has 0 atom stereocenters. The second-order valence-electron chi connectivity index (χ2n) is 5.41. The first-order valence-corrected chi connectivity index (χ1v) is 11.3. The van der Waals surface area contributed by atoms with Crippen LogP contribution in [0, 0.1) is 0 Å². The summed E-state index contributed by atoms with van der Waals surface area (Å²) in [6.45, 7) is 2.37. The molecule has 0 aliphatic carbocycles. The Morgan fingerprint density at radius 1 is 1.07 bits per heavy atom. The SMILES string of the molecule is CCOC(=O)COc1ccc(C(=O)CBr)cc1N(CC(=O)OCC)S(C)(=O)=O. The second-order valence-corrected chi connectivity index (χ2v) is 7.88. The lowest BCUT2D eigenvalue weighted by molar-refractivity contribution is -0.145. The van der Waals surface area contributed by atoms with Crippen molar-refractivity contribution in [1.29, 1.82) is 0 Å². The molecule has 1 aromatic rings. The summed E-state index contributed by atoms with van der Waals surface area (Å²) in [5, 5.41) is 0.0201. The monoisotopic (exact) mass is 479 g/mol. The number of nitrogens with zero attached hydrogens (tertiary/aromatic N) is 1. The molecular formula is C17H22BrNO8S. The molecule has 0 bridgehead atoms. The van der Waals surface area contributed by atoms with Gasteiger partial charge in [-0.25, -0.2) is 13.2 Å². The van der Waals surface area contributed by atoms with Crippen molar-refractivity contribution < 1.29 is 37.0 Å². The van der Waals surface area contributed by atoms with Gasteiger partial charge in [-0.2, -0.15) is 0 Å². The van der Waals surface area contributed by atoms with Crippen LogP contribution in [-0.4, -0.2) is 64.1 Å². The number of anilines is 1. The standard InChI is InChI=1S/C17H22BrNO8S/c1-4-25-16(21)10-19(28(3,23)24)13-8-12(14(20)9-18)6-7-15(13)27-11-17(22)26-5-2/h6-8H,4-5,9-11H2,1-3H3. The third kappa shape index (κ3) is 7.12. The smallest absolute Gasteiger partial charge is 0.344 e. The van der Waals surface area contributed by atoms with E-state index in [4.69, 9.17) is 14.2 Å². The van der Waals surface area contributed by atoms with Gasteiger partial charge in [0.05, 0.1) is 30.5 Å². The van der Waals surface area contributed by atoms with Crippen molar-refractivity contribution in [3.63, 3.8) is 0 Å². The average Bonchev–Trinajstić information content (AvgIpc) is 2.63. The van der Waals surface area contributed by atoms with Gasteiger partial charge in [0.2, 0.25) is 10.0 Å². The van der Waals surface area contributed by atoms with Crippen molar-refractivity contribution in [2.45, 2.75) is 13.8 Å². The summed E-state index contributed by atoms with van der Waals surface area (Å²) in [5.74, 6) is -1.73. The van der Waals surface area contributed by atoms with E-state index in [1.165, 1.54) is 18.2 Å². The Morgan fingerprint density at radius 2 is 1.68 bits per heavy atom. The predicted molar refractivity (Wildman–Crippen MR) is 106 cm³/mol. The van der Waals surface area contributed by atoms with Crippen LogP contribution in [0.1, 0.15) is 24.2 Å². The summed E-state index contributed by atoms with van der Waals surface area (Å²) in [6, 6.07) is 4.07. The van der Waals surface area contributed by atoms with Gasteiger partial charge in [-0.15, -0.1) is 0 Å². The van der Waals surface area contributed by atoms with Crippen LogP contribution in [0.25, 0.3) is 0 Å². The van der Waals surface area contributed by atoms with E-state index >= 15 is 0 Å². The van der Waals surface area contributed by atoms with Crippen LogP contribution in [-0.2, 0) is 29.1 Å². The Morgan fingerprint density at radius 3 is 2.21 bits per heavy atom. The quantitative estimate of drug-likeness (QED) is 0.266. The molecule has 0 heterocycles. The molecule has 0 aromatic heterocycles. The average molecular weight is 480 g/mol. The van der Waals surface area contributed by atoms with Gasteiger partial charge < -0.3 is 14.2 Å². The maximum absolute atomic E-state index is 12.3. The van der Waals surface area contributed by atoms with E-state index in [-0.39, 0.29) is 41.3 Å². The number of halogens is 1. The summed E-state index contributed by atoms with van der Waals surface area (Å²) in [6.07, 6.45) is 0.903. The van der Waals surface area contributed by atoms with Crippen molar-refractivity contribution in [3.05, 3.63) is 23.8 Å². The Kier molecular flexibility index (Phi) is 9.39. The summed E-state index contributed by atoms with van der Waals surface area (Å²) >= 11 is 3.05. The number of carbonyl (C=O) groups is 3.